The number of ether oxygens (including phenoxy) is 1. The van der Waals surface area contributed by atoms with Crippen LogP contribution in [0.15, 0.2) is 4.99 Å². The molecule has 0 aromatic rings. The van der Waals surface area contributed by atoms with Crippen LogP contribution in [-0.2, 0) is 4.74 Å². The smallest absolute Gasteiger partial charge is 0.193 e. The van der Waals surface area contributed by atoms with Gasteiger partial charge in [0.2, 0.25) is 0 Å². The molecule has 0 spiro atoms. The Morgan fingerprint density at radius 1 is 1.27 bits per heavy atom. The minimum absolute atomic E-state index is 0.758. The summed E-state index contributed by atoms with van der Waals surface area (Å²) in [6.45, 7) is 10.7. The van der Waals surface area contributed by atoms with Crippen molar-refractivity contribution in [3.63, 3.8) is 0 Å². The second-order valence-corrected chi connectivity index (χ2v) is 7.39. The van der Waals surface area contributed by atoms with E-state index in [1.165, 1.54) is 31.6 Å². The molecule has 0 bridgehead atoms. The van der Waals surface area contributed by atoms with Gasteiger partial charge < -0.3 is 15.0 Å². The Kier molecular flexibility index (Phi) is 8.41. The molecule has 0 aromatic carbocycles. The largest absolute Gasteiger partial charge is 0.379 e. The van der Waals surface area contributed by atoms with Crippen LogP contribution in [0.5, 0.6) is 0 Å². The zero-order valence-electron chi connectivity index (χ0n) is 14.2. The third kappa shape index (κ3) is 5.97. The lowest BCUT2D eigenvalue weighted by molar-refractivity contribution is 0.0372. The quantitative estimate of drug-likeness (QED) is 0.455. The normalized spacial score (nSPS) is 24.5. The van der Waals surface area contributed by atoms with Gasteiger partial charge in [-0.1, -0.05) is 6.92 Å². The number of hydrogen-bond donors (Lipinski definition) is 1. The lowest BCUT2D eigenvalue weighted by Gasteiger charge is -2.34. The Balaban J connectivity index is 1.59. The highest BCUT2D eigenvalue weighted by atomic mass is 32.2. The van der Waals surface area contributed by atoms with Crippen molar-refractivity contribution in [1.29, 1.82) is 0 Å². The van der Waals surface area contributed by atoms with Crippen molar-refractivity contribution in [3.8, 4) is 0 Å². The molecule has 6 heteroatoms. The van der Waals surface area contributed by atoms with Gasteiger partial charge in [0.1, 0.15) is 0 Å². The molecule has 2 aliphatic rings. The van der Waals surface area contributed by atoms with Gasteiger partial charge in [0, 0.05) is 50.8 Å². The Morgan fingerprint density at radius 3 is 2.82 bits per heavy atom. The van der Waals surface area contributed by atoms with Gasteiger partial charge in [0.25, 0.3) is 0 Å². The molecule has 2 aliphatic heterocycles. The van der Waals surface area contributed by atoms with Crippen LogP contribution in [0.1, 0.15) is 26.2 Å². The van der Waals surface area contributed by atoms with Crippen molar-refractivity contribution in [2.45, 2.75) is 31.4 Å². The van der Waals surface area contributed by atoms with Gasteiger partial charge in [-0.3, -0.25) is 9.89 Å². The van der Waals surface area contributed by atoms with Gasteiger partial charge in [0.05, 0.1) is 13.2 Å². The topological polar surface area (TPSA) is 40.1 Å². The molecular weight excluding hydrogens is 296 g/mol. The molecule has 2 heterocycles. The highest BCUT2D eigenvalue weighted by Gasteiger charge is 2.21. The Hall–Kier alpha value is -0.460. The van der Waals surface area contributed by atoms with Gasteiger partial charge in [-0.15, -0.1) is 0 Å². The summed E-state index contributed by atoms with van der Waals surface area (Å²) in [7, 11) is 1.90. The van der Waals surface area contributed by atoms with Crippen molar-refractivity contribution < 1.29 is 4.74 Å². The van der Waals surface area contributed by atoms with Crippen molar-refractivity contribution in [2.24, 2.45) is 4.99 Å². The summed E-state index contributed by atoms with van der Waals surface area (Å²) in [6, 6.07) is 0. The second kappa shape index (κ2) is 10.3. The molecule has 1 unspecified atom stereocenters. The summed E-state index contributed by atoms with van der Waals surface area (Å²) < 4.78 is 5.38. The first kappa shape index (κ1) is 17.9. The fourth-order valence-electron chi connectivity index (χ4n) is 2.98. The Labute approximate surface area is 139 Å². The molecule has 2 saturated heterocycles. The van der Waals surface area contributed by atoms with Crippen LogP contribution in [0, 0.1) is 0 Å². The number of aliphatic imine (C=N–C) groups is 1. The molecule has 1 atom stereocenters. The standard InChI is InChI=1S/C16H32N4OS/c1-3-15-14-20(10-13-22-15)16(17-2)18-6-4-5-7-19-8-11-21-12-9-19/h15H,3-14H2,1-2H3,(H,17,18). The van der Waals surface area contributed by atoms with Gasteiger partial charge >= 0.3 is 0 Å². The lowest BCUT2D eigenvalue weighted by Crippen LogP contribution is -2.48. The molecule has 1 N–H and O–H groups in total. The Morgan fingerprint density at radius 2 is 2.09 bits per heavy atom. The molecule has 128 valence electrons. The molecule has 5 nitrogen and oxygen atoms in total. The first-order valence-electron chi connectivity index (χ1n) is 8.70. The van der Waals surface area contributed by atoms with E-state index in [2.05, 4.69) is 38.8 Å². The van der Waals surface area contributed by atoms with Gasteiger partial charge in [-0.2, -0.15) is 11.8 Å². The van der Waals surface area contributed by atoms with E-state index >= 15 is 0 Å². The predicted molar refractivity (Wildman–Crippen MR) is 96.0 cm³/mol. The van der Waals surface area contributed by atoms with Crippen LogP contribution in [0.4, 0.5) is 0 Å². The summed E-state index contributed by atoms with van der Waals surface area (Å²) in [5.74, 6) is 2.31. The minimum atomic E-state index is 0.758. The minimum Gasteiger partial charge on any atom is -0.379 e. The van der Waals surface area contributed by atoms with E-state index in [9.17, 15) is 0 Å². The molecule has 0 aliphatic carbocycles. The number of thioether (sulfide) groups is 1. The zero-order chi connectivity index (χ0) is 15.6. The van der Waals surface area contributed by atoms with E-state index < -0.39 is 0 Å². The van der Waals surface area contributed by atoms with E-state index in [-0.39, 0.29) is 0 Å². The van der Waals surface area contributed by atoms with Gasteiger partial charge in [-0.05, 0) is 25.8 Å². The summed E-state index contributed by atoms with van der Waals surface area (Å²) in [5, 5.41) is 4.30. The third-order valence-electron chi connectivity index (χ3n) is 4.39. The monoisotopic (exact) mass is 328 g/mol. The van der Waals surface area contributed by atoms with Crippen molar-refractivity contribution in [2.75, 3.05) is 65.3 Å². The van der Waals surface area contributed by atoms with Crippen molar-refractivity contribution in [1.82, 2.24) is 15.1 Å². The number of nitrogens with zero attached hydrogens (tertiary/aromatic N) is 3. The Bertz CT molecular complexity index is 334. The maximum atomic E-state index is 5.38. The van der Waals surface area contributed by atoms with E-state index in [0.29, 0.717) is 0 Å². The van der Waals surface area contributed by atoms with Crippen molar-refractivity contribution >= 4 is 17.7 Å². The molecular formula is C16H32N4OS. The maximum Gasteiger partial charge on any atom is 0.193 e. The van der Waals surface area contributed by atoms with E-state index in [0.717, 1.165) is 57.1 Å². The average molecular weight is 329 g/mol. The summed E-state index contributed by atoms with van der Waals surface area (Å²) in [5.41, 5.74) is 0. The zero-order valence-corrected chi connectivity index (χ0v) is 15.0. The molecule has 0 amide bonds. The van der Waals surface area contributed by atoms with E-state index in [1.807, 2.05) is 7.05 Å². The number of hydrogen-bond acceptors (Lipinski definition) is 4. The number of guanidine groups is 1. The highest BCUT2D eigenvalue weighted by Crippen LogP contribution is 2.20. The summed E-state index contributed by atoms with van der Waals surface area (Å²) >= 11 is 2.10. The molecule has 22 heavy (non-hydrogen) atoms. The van der Waals surface area contributed by atoms with Crippen LogP contribution in [0.25, 0.3) is 0 Å². The maximum absolute atomic E-state index is 5.38. The van der Waals surface area contributed by atoms with E-state index in [4.69, 9.17) is 4.74 Å². The second-order valence-electron chi connectivity index (χ2n) is 5.98. The fraction of sp³-hybridized carbons (Fsp3) is 0.938. The van der Waals surface area contributed by atoms with Crippen LogP contribution in [-0.4, -0.2) is 86.3 Å². The first-order chi connectivity index (χ1) is 10.8. The van der Waals surface area contributed by atoms with E-state index in [1.54, 1.807) is 0 Å². The molecule has 2 fully saturated rings. The molecule has 0 aromatic heterocycles. The molecule has 0 radical (unpaired) electrons. The fourth-order valence-corrected chi connectivity index (χ4v) is 4.16. The number of nitrogens with one attached hydrogen (secondary N) is 1. The number of morpholine rings is 1. The van der Waals surface area contributed by atoms with Crippen LogP contribution in [0.3, 0.4) is 0 Å². The highest BCUT2D eigenvalue weighted by molar-refractivity contribution is 8.00. The summed E-state index contributed by atoms with van der Waals surface area (Å²) in [6.07, 6.45) is 3.70. The first-order valence-corrected chi connectivity index (χ1v) is 9.75. The van der Waals surface area contributed by atoms with Crippen LogP contribution < -0.4 is 5.32 Å². The van der Waals surface area contributed by atoms with Crippen LogP contribution >= 0.6 is 11.8 Å². The number of unbranched alkanes of at least 4 members (excludes halogenated alkanes) is 1. The number of rotatable bonds is 6. The average Bonchev–Trinajstić information content (AvgIpc) is 2.59. The molecule has 0 saturated carbocycles. The SMILES string of the molecule is CCC1CN(C(=NC)NCCCCN2CCOCC2)CCS1. The third-order valence-corrected chi connectivity index (χ3v) is 5.77. The van der Waals surface area contributed by atoms with Gasteiger partial charge in [0.15, 0.2) is 5.96 Å². The molecule has 2 rings (SSSR count). The van der Waals surface area contributed by atoms with Crippen LogP contribution in [0.2, 0.25) is 0 Å². The van der Waals surface area contributed by atoms with Crippen molar-refractivity contribution in [3.05, 3.63) is 0 Å². The predicted octanol–water partition coefficient (Wildman–Crippen LogP) is 1.50. The summed E-state index contributed by atoms with van der Waals surface area (Å²) in [4.78, 5) is 9.39. The van der Waals surface area contributed by atoms with Gasteiger partial charge in [-0.25, -0.2) is 0 Å². The lowest BCUT2D eigenvalue weighted by atomic mass is 10.2.